The Morgan fingerprint density at radius 3 is 2.41 bits per heavy atom. The third-order valence-corrected chi connectivity index (χ3v) is 6.68. The van der Waals surface area contributed by atoms with E-state index in [4.69, 9.17) is 0 Å². The van der Waals surface area contributed by atoms with E-state index in [1.54, 1.807) is 6.07 Å². The van der Waals surface area contributed by atoms with E-state index >= 15 is 0 Å². The predicted octanol–water partition coefficient (Wildman–Crippen LogP) is 0.414. The smallest absolute Gasteiger partial charge is 0.262 e. The number of rotatable bonds is 5. The maximum Gasteiger partial charge on any atom is 0.262 e. The summed E-state index contributed by atoms with van der Waals surface area (Å²) in [7, 11) is 0. The van der Waals surface area contributed by atoms with E-state index < -0.39 is 23.8 Å². The summed E-state index contributed by atoms with van der Waals surface area (Å²) in [5, 5.41) is 5.56. The van der Waals surface area contributed by atoms with E-state index in [0.29, 0.717) is 29.8 Å². The lowest BCUT2D eigenvalue weighted by atomic mass is 9.88. The van der Waals surface area contributed by atoms with Crippen molar-refractivity contribution in [3.05, 3.63) is 34.9 Å². The highest BCUT2D eigenvalue weighted by atomic mass is 16.2. The highest BCUT2D eigenvalue weighted by Crippen LogP contribution is 2.33. The predicted molar refractivity (Wildman–Crippen MR) is 103 cm³/mol. The van der Waals surface area contributed by atoms with Gasteiger partial charge in [-0.2, -0.15) is 0 Å². The maximum absolute atomic E-state index is 13.3. The fourth-order valence-electron chi connectivity index (χ4n) is 4.70. The molecule has 1 aliphatic carbocycles. The van der Waals surface area contributed by atoms with Crippen molar-refractivity contribution in [1.82, 2.24) is 20.4 Å². The molecule has 0 aromatic heterocycles. The van der Waals surface area contributed by atoms with E-state index in [0.717, 1.165) is 23.6 Å². The van der Waals surface area contributed by atoms with E-state index in [1.807, 2.05) is 12.1 Å². The first-order valence-electron chi connectivity index (χ1n) is 10.3. The van der Waals surface area contributed by atoms with Crippen LogP contribution in [0, 0.1) is 0 Å². The quantitative estimate of drug-likeness (QED) is 0.700. The van der Waals surface area contributed by atoms with Gasteiger partial charge in [0.1, 0.15) is 6.04 Å². The summed E-state index contributed by atoms with van der Waals surface area (Å²) in [5.41, 5.74) is 1.62. The molecule has 152 valence electrons. The summed E-state index contributed by atoms with van der Waals surface area (Å²) in [6.45, 7) is 2.52. The lowest BCUT2D eigenvalue weighted by molar-refractivity contribution is -0.136. The molecule has 2 saturated heterocycles. The van der Waals surface area contributed by atoms with Crippen molar-refractivity contribution in [3.8, 4) is 0 Å². The first kappa shape index (κ1) is 18.4. The zero-order valence-electron chi connectivity index (χ0n) is 16.1. The average Bonchev–Trinajstić information content (AvgIpc) is 2.84. The van der Waals surface area contributed by atoms with Crippen LogP contribution >= 0.6 is 0 Å². The zero-order valence-corrected chi connectivity index (χ0v) is 16.1. The molecule has 0 bridgehead atoms. The molecule has 8 heteroatoms. The van der Waals surface area contributed by atoms with Gasteiger partial charge >= 0.3 is 0 Å². The summed E-state index contributed by atoms with van der Waals surface area (Å²) < 4.78 is 0. The van der Waals surface area contributed by atoms with E-state index in [-0.39, 0.29) is 18.7 Å². The van der Waals surface area contributed by atoms with E-state index in [9.17, 15) is 19.2 Å². The molecule has 2 N–H and O–H groups in total. The molecule has 29 heavy (non-hydrogen) atoms. The Kier molecular flexibility index (Phi) is 4.48. The van der Waals surface area contributed by atoms with Crippen molar-refractivity contribution in [2.45, 2.75) is 56.8 Å². The fourth-order valence-corrected chi connectivity index (χ4v) is 4.70. The number of nitrogens with one attached hydrogen (secondary N) is 2. The Morgan fingerprint density at radius 2 is 1.79 bits per heavy atom. The first-order chi connectivity index (χ1) is 14.0. The number of carbonyl (C=O) groups is 4. The van der Waals surface area contributed by atoms with Crippen LogP contribution in [0.25, 0.3) is 0 Å². The molecule has 3 aliphatic heterocycles. The molecular formula is C21H24N4O4. The number of imide groups is 2. The third kappa shape index (κ3) is 2.98. The summed E-state index contributed by atoms with van der Waals surface area (Å²) in [4.78, 5) is 53.5. The number of benzene rings is 1. The highest BCUT2D eigenvalue weighted by molar-refractivity contribution is 6.24. The second-order valence-electron chi connectivity index (χ2n) is 8.36. The van der Waals surface area contributed by atoms with E-state index in [1.165, 1.54) is 19.3 Å². The third-order valence-electron chi connectivity index (χ3n) is 6.68. The minimum Gasteiger partial charge on any atom is -0.314 e. The largest absolute Gasteiger partial charge is 0.314 e. The van der Waals surface area contributed by atoms with Gasteiger partial charge in [0, 0.05) is 38.1 Å². The lowest BCUT2D eigenvalue weighted by Crippen LogP contribution is -2.60. The number of hydrogen-bond donors (Lipinski definition) is 2. The van der Waals surface area contributed by atoms with Crippen molar-refractivity contribution in [1.29, 1.82) is 0 Å². The average molecular weight is 396 g/mol. The summed E-state index contributed by atoms with van der Waals surface area (Å²) in [6, 6.07) is 5.43. The standard InChI is InChI=1S/C21H24N4O4/c26-17-8-7-16(19(27)23-17)25-20(28)15-6-1-3-12(18(15)21(25)29)11-24(13-4-2-5-13)14-9-22-10-14/h1,3,6,13-14,16,22H,2,4-5,7-11H2,(H,23,26,27). The number of fused-ring (bicyclic) bond motifs is 1. The Labute approximate surface area is 168 Å². The summed E-state index contributed by atoms with van der Waals surface area (Å²) in [6.07, 6.45) is 3.87. The molecule has 0 spiro atoms. The Bertz CT molecular complexity index is 892. The van der Waals surface area contributed by atoms with Gasteiger partial charge in [0.05, 0.1) is 11.1 Å². The van der Waals surface area contributed by atoms with Gasteiger partial charge in [-0.15, -0.1) is 0 Å². The first-order valence-corrected chi connectivity index (χ1v) is 10.3. The van der Waals surface area contributed by atoms with Crippen molar-refractivity contribution in [2.24, 2.45) is 0 Å². The number of piperidine rings is 1. The van der Waals surface area contributed by atoms with Crippen molar-refractivity contribution in [2.75, 3.05) is 13.1 Å². The molecule has 4 amide bonds. The zero-order chi connectivity index (χ0) is 20.1. The van der Waals surface area contributed by atoms with Gasteiger partial charge in [-0.3, -0.25) is 34.3 Å². The minimum atomic E-state index is -0.925. The molecule has 1 aromatic rings. The molecule has 1 saturated carbocycles. The van der Waals surface area contributed by atoms with E-state index in [2.05, 4.69) is 15.5 Å². The topological polar surface area (TPSA) is 98.8 Å². The molecule has 1 aromatic carbocycles. The number of nitrogens with zero attached hydrogens (tertiary/aromatic N) is 2. The van der Waals surface area contributed by atoms with Gasteiger partial charge in [-0.05, 0) is 30.9 Å². The molecule has 0 radical (unpaired) electrons. The molecule has 1 atom stereocenters. The van der Waals surface area contributed by atoms with Crippen molar-refractivity contribution in [3.63, 3.8) is 0 Å². The van der Waals surface area contributed by atoms with Gasteiger partial charge in [0.15, 0.2) is 0 Å². The van der Waals surface area contributed by atoms with Crippen LogP contribution in [0.4, 0.5) is 0 Å². The molecule has 3 fully saturated rings. The Morgan fingerprint density at radius 1 is 1.00 bits per heavy atom. The minimum absolute atomic E-state index is 0.126. The van der Waals surface area contributed by atoms with Crippen LogP contribution in [0.3, 0.4) is 0 Å². The van der Waals surface area contributed by atoms with Crippen molar-refractivity contribution >= 4 is 23.6 Å². The van der Waals surface area contributed by atoms with Gasteiger partial charge in [0.2, 0.25) is 11.8 Å². The van der Waals surface area contributed by atoms with Crippen LogP contribution in [-0.4, -0.2) is 64.6 Å². The summed E-state index contributed by atoms with van der Waals surface area (Å²) in [5.74, 6) is -1.81. The summed E-state index contributed by atoms with van der Waals surface area (Å²) >= 11 is 0. The second-order valence-corrected chi connectivity index (χ2v) is 8.36. The molecule has 5 rings (SSSR count). The van der Waals surface area contributed by atoms with Gasteiger partial charge in [-0.25, -0.2) is 0 Å². The maximum atomic E-state index is 13.3. The van der Waals surface area contributed by atoms with Crippen LogP contribution in [0.5, 0.6) is 0 Å². The number of carbonyl (C=O) groups excluding carboxylic acids is 4. The SMILES string of the molecule is O=C1CCC(N2C(=O)c3cccc(CN(C4CCC4)C4CNC4)c3C2=O)C(=O)N1. The Hall–Kier alpha value is -2.58. The molecular weight excluding hydrogens is 372 g/mol. The van der Waals surface area contributed by atoms with Gasteiger partial charge in [-0.1, -0.05) is 18.6 Å². The van der Waals surface area contributed by atoms with Crippen LogP contribution in [0.2, 0.25) is 0 Å². The number of hydrogen-bond acceptors (Lipinski definition) is 6. The van der Waals surface area contributed by atoms with Gasteiger partial charge in [0.25, 0.3) is 11.8 Å². The van der Waals surface area contributed by atoms with Gasteiger partial charge < -0.3 is 5.32 Å². The second kappa shape index (κ2) is 7.03. The molecule has 3 heterocycles. The lowest BCUT2D eigenvalue weighted by Gasteiger charge is -2.46. The monoisotopic (exact) mass is 396 g/mol. The van der Waals surface area contributed by atoms with Crippen LogP contribution in [0.15, 0.2) is 18.2 Å². The number of amides is 4. The highest BCUT2D eigenvalue weighted by Gasteiger charge is 2.46. The molecule has 8 nitrogen and oxygen atoms in total. The fraction of sp³-hybridized carbons (Fsp3) is 0.524. The van der Waals surface area contributed by atoms with Crippen LogP contribution < -0.4 is 10.6 Å². The molecule has 4 aliphatic rings. The Balaban J connectivity index is 1.44. The van der Waals surface area contributed by atoms with Crippen LogP contribution in [-0.2, 0) is 16.1 Å². The normalized spacial score (nSPS) is 25.1. The molecule has 1 unspecified atom stereocenters. The van der Waals surface area contributed by atoms with Crippen LogP contribution in [0.1, 0.15) is 58.4 Å². The van der Waals surface area contributed by atoms with Crippen molar-refractivity contribution < 1.29 is 19.2 Å².